The molecule has 88 valence electrons. The highest BCUT2D eigenvalue weighted by molar-refractivity contribution is 7.99. The molecule has 2 heterocycles. The molecule has 1 atom stereocenters. The first kappa shape index (κ1) is 11.6. The maximum atomic E-state index is 11.4. The zero-order chi connectivity index (χ0) is 11.4. The molecule has 2 rings (SSSR count). The van der Waals surface area contributed by atoms with Gasteiger partial charge in [-0.1, -0.05) is 0 Å². The molecule has 3 nitrogen and oxygen atoms in total. The fourth-order valence-electron chi connectivity index (χ4n) is 1.89. The summed E-state index contributed by atoms with van der Waals surface area (Å²) in [6.45, 7) is 3.74. The number of hydrogen-bond acceptors (Lipinski definition) is 3. The number of rotatable bonds is 4. The molecule has 0 amide bonds. The van der Waals surface area contributed by atoms with E-state index in [-0.39, 0.29) is 5.56 Å². The topological polar surface area (TPSA) is 34.0 Å². The monoisotopic (exact) mass is 238 g/mol. The number of hydrogen-bond donors (Lipinski definition) is 1. The summed E-state index contributed by atoms with van der Waals surface area (Å²) in [5.41, 5.74) is 1.13. The molecule has 1 aliphatic heterocycles. The van der Waals surface area contributed by atoms with Crippen molar-refractivity contribution in [2.45, 2.75) is 19.9 Å². The van der Waals surface area contributed by atoms with Gasteiger partial charge in [0.05, 0.1) is 5.69 Å². The quantitative estimate of drug-likeness (QED) is 0.871. The fourth-order valence-corrected chi connectivity index (χ4v) is 3.17. The van der Waals surface area contributed by atoms with Gasteiger partial charge in [-0.2, -0.15) is 11.8 Å². The van der Waals surface area contributed by atoms with Crippen LogP contribution in [0, 0.1) is 5.92 Å². The van der Waals surface area contributed by atoms with Crippen LogP contribution in [-0.4, -0.2) is 22.6 Å². The van der Waals surface area contributed by atoms with Gasteiger partial charge >= 0.3 is 0 Å². The lowest BCUT2D eigenvalue weighted by molar-refractivity contribution is 0.630. The lowest BCUT2D eigenvalue weighted by Crippen LogP contribution is -2.19. The van der Waals surface area contributed by atoms with Gasteiger partial charge in [0.25, 0.3) is 5.56 Å². The minimum absolute atomic E-state index is 0.0736. The van der Waals surface area contributed by atoms with Crippen LogP contribution in [0.1, 0.15) is 13.3 Å². The second-order valence-electron chi connectivity index (χ2n) is 4.15. The molecule has 1 aliphatic rings. The van der Waals surface area contributed by atoms with Crippen molar-refractivity contribution in [2.24, 2.45) is 5.92 Å². The highest BCUT2D eigenvalue weighted by Gasteiger charge is 2.14. The summed E-state index contributed by atoms with van der Waals surface area (Å²) < 4.78 is 1.73. The normalized spacial score (nSPS) is 19.9. The molecule has 0 aromatic carbocycles. The van der Waals surface area contributed by atoms with Gasteiger partial charge in [-0.05, 0) is 36.8 Å². The van der Waals surface area contributed by atoms with E-state index >= 15 is 0 Å². The molecule has 1 aromatic rings. The molecule has 1 saturated heterocycles. The van der Waals surface area contributed by atoms with Crippen molar-refractivity contribution in [1.82, 2.24) is 4.57 Å². The van der Waals surface area contributed by atoms with Gasteiger partial charge in [-0.25, -0.2) is 0 Å². The summed E-state index contributed by atoms with van der Waals surface area (Å²) >= 11 is 2.03. The van der Waals surface area contributed by atoms with E-state index in [9.17, 15) is 4.79 Å². The van der Waals surface area contributed by atoms with Crippen LogP contribution in [0.2, 0.25) is 0 Å². The van der Waals surface area contributed by atoms with Gasteiger partial charge in [0.2, 0.25) is 0 Å². The third-order valence-corrected chi connectivity index (χ3v) is 4.17. The first-order chi connectivity index (χ1) is 7.79. The van der Waals surface area contributed by atoms with Crippen LogP contribution >= 0.6 is 11.8 Å². The van der Waals surface area contributed by atoms with Crippen molar-refractivity contribution in [3.63, 3.8) is 0 Å². The van der Waals surface area contributed by atoms with Crippen molar-refractivity contribution >= 4 is 17.4 Å². The average molecular weight is 238 g/mol. The lowest BCUT2D eigenvalue weighted by Gasteiger charge is -2.12. The number of nitrogens with zero attached hydrogens (tertiary/aromatic N) is 1. The Labute approximate surface area is 100 Å². The zero-order valence-corrected chi connectivity index (χ0v) is 10.4. The Kier molecular flexibility index (Phi) is 3.93. The summed E-state index contributed by atoms with van der Waals surface area (Å²) in [5.74, 6) is 3.34. The minimum Gasteiger partial charge on any atom is -0.384 e. The Balaban J connectivity index is 1.95. The second-order valence-corrected chi connectivity index (χ2v) is 5.30. The summed E-state index contributed by atoms with van der Waals surface area (Å²) in [4.78, 5) is 11.4. The van der Waals surface area contributed by atoms with E-state index in [1.807, 2.05) is 30.9 Å². The Morgan fingerprint density at radius 3 is 3.12 bits per heavy atom. The molecule has 1 aromatic heterocycles. The van der Waals surface area contributed by atoms with Crippen LogP contribution in [-0.2, 0) is 6.54 Å². The number of anilines is 1. The Hall–Kier alpha value is -0.900. The van der Waals surface area contributed by atoms with Gasteiger partial charge in [-0.3, -0.25) is 4.79 Å². The van der Waals surface area contributed by atoms with E-state index in [2.05, 4.69) is 5.32 Å². The maximum absolute atomic E-state index is 11.4. The molecular weight excluding hydrogens is 220 g/mol. The summed E-state index contributed by atoms with van der Waals surface area (Å²) in [5, 5.41) is 3.42. The van der Waals surface area contributed by atoms with Crippen molar-refractivity contribution in [3.05, 3.63) is 28.7 Å². The van der Waals surface area contributed by atoms with E-state index in [4.69, 9.17) is 0 Å². The van der Waals surface area contributed by atoms with E-state index in [1.165, 1.54) is 17.9 Å². The predicted octanol–water partition coefficient (Wildman–Crippen LogP) is 2.03. The molecule has 0 spiro atoms. The Morgan fingerprint density at radius 1 is 1.56 bits per heavy atom. The molecule has 16 heavy (non-hydrogen) atoms. The number of nitrogens with one attached hydrogen (secondary N) is 1. The van der Waals surface area contributed by atoms with E-state index in [0.29, 0.717) is 0 Å². The summed E-state index contributed by atoms with van der Waals surface area (Å²) in [6.07, 6.45) is 3.22. The van der Waals surface area contributed by atoms with Crippen LogP contribution < -0.4 is 10.9 Å². The molecule has 1 fully saturated rings. The van der Waals surface area contributed by atoms with Crippen molar-refractivity contribution < 1.29 is 0 Å². The van der Waals surface area contributed by atoms with Gasteiger partial charge < -0.3 is 9.88 Å². The fraction of sp³-hybridized carbons (Fsp3) is 0.583. The van der Waals surface area contributed by atoms with Crippen molar-refractivity contribution in [3.8, 4) is 0 Å². The first-order valence-corrected chi connectivity index (χ1v) is 6.97. The second kappa shape index (κ2) is 5.43. The average Bonchev–Trinajstić information content (AvgIpc) is 2.81. The Morgan fingerprint density at radius 2 is 2.44 bits per heavy atom. The maximum Gasteiger partial charge on any atom is 0.250 e. The van der Waals surface area contributed by atoms with E-state index < -0.39 is 0 Å². The number of aromatic nitrogens is 1. The van der Waals surface area contributed by atoms with Crippen LogP contribution in [0.25, 0.3) is 0 Å². The van der Waals surface area contributed by atoms with Gasteiger partial charge in [0.1, 0.15) is 0 Å². The molecule has 4 heteroatoms. The molecule has 1 unspecified atom stereocenters. The standard InChI is InChI=1S/C12H18N2OS/c1-2-14-8-11(3-4-12(14)15)13-7-10-5-6-16-9-10/h3-4,8,10,13H,2,5-7,9H2,1H3. The molecule has 0 saturated carbocycles. The van der Waals surface area contributed by atoms with Gasteiger partial charge in [0.15, 0.2) is 0 Å². The molecular formula is C12H18N2OS. The number of aryl methyl sites for hydroxylation is 1. The predicted molar refractivity (Wildman–Crippen MR) is 70.3 cm³/mol. The Bertz CT molecular complexity index is 396. The largest absolute Gasteiger partial charge is 0.384 e. The minimum atomic E-state index is 0.0736. The first-order valence-electron chi connectivity index (χ1n) is 5.81. The molecule has 1 N–H and O–H groups in total. The molecule has 0 bridgehead atoms. The van der Waals surface area contributed by atoms with E-state index in [1.54, 1.807) is 10.6 Å². The number of pyridine rings is 1. The number of thioether (sulfide) groups is 1. The highest BCUT2D eigenvalue weighted by atomic mass is 32.2. The highest BCUT2D eigenvalue weighted by Crippen LogP contribution is 2.23. The summed E-state index contributed by atoms with van der Waals surface area (Å²) in [6, 6.07) is 3.51. The van der Waals surface area contributed by atoms with Crippen LogP contribution in [0.5, 0.6) is 0 Å². The van der Waals surface area contributed by atoms with Gasteiger partial charge in [0, 0.05) is 25.4 Å². The van der Waals surface area contributed by atoms with E-state index in [0.717, 1.165) is 24.7 Å². The third-order valence-electron chi connectivity index (χ3n) is 2.94. The lowest BCUT2D eigenvalue weighted by atomic mass is 10.1. The SMILES string of the molecule is CCn1cc(NCC2CCSC2)ccc1=O. The van der Waals surface area contributed by atoms with Crippen LogP contribution in [0.3, 0.4) is 0 Å². The molecule has 0 aliphatic carbocycles. The van der Waals surface area contributed by atoms with Crippen molar-refractivity contribution in [2.75, 3.05) is 23.4 Å². The molecule has 0 radical (unpaired) electrons. The van der Waals surface area contributed by atoms with Crippen LogP contribution in [0.4, 0.5) is 5.69 Å². The van der Waals surface area contributed by atoms with Crippen molar-refractivity contribution in [1.29, 1.82) is 0 Å². The van der Waals surface area contributed by atoms with Crippen LogP contribution in [0.15, 0.2) is 23.1 Å². The third kappa shape index (κ3) is 2.82. The summed E-state index contributed by atoms with van der Waals surface area (Å²) in [7, 11) is 0. The smallest absolute Gasteiger partial charge is 0.250 e. The zero-order valence-electron chi connectivity index (χ0n) is 9.61. The van der Waals surface area contributed by atoms with Gasteiger partial charge in [-0.15, -0.1) is 0 Å².